The van der Waals surface area contributed by atoms with Gasteiger partial charge in [0.15, 0.2) is 5.65 Å². The minimum absolute atomic E-state index is 0.0228. The molecule has 1 amide bonds. The van der Waals surface area contributed by atoms with Crippen LogP contribution in [0, 0.1) is 5.92 Å². The van der Waals surface area contributed by atoms with Gasteiger partial charge in [-0.2, -0.15) is 13.2 Å². The Balaban J connectivity index is 1.35. The average Bonchev–Trinajstić information content (AvgIpc) is 3.90. The summed E-state index contributed by atoms with van der Waals surface area (Å²) in [5.74, 6) is 0.663. The highest BCUT2D eigenvalue weighted by Gasteiger charge is 2.34. The van der Waals surface area contributed by atoms with Gasteiger partial charge in [0.2, 0.25) is 0 Å². The average molecular weight is 582 g/mol. The zero-order chi connectivity index (χ0) is 29.8. The lowest BCUT2D eigenvalue weighted by atomic mass is 10.1. The van der Waals surface area contributed by atoms with Crippen LogP contribution in [0.1, 0.15) is 74.5 Å². The number of carbonyl (C=O) groups is 1. The summed E-state index contributed by atoms with van der Waals surface area (Å²) in [5.41, 5.74) is -0.732. The number of fused-ring (bicyclic) bond motifs is 1. The zero-order valence-electron chi connectivity index (χ0n) is 23.2. The predicted octanol–water partition coefficient (Wildman–Crippen LogP) is 4.94. The van der Waals surface area contributed by atoms with Crippen molar-refractivity contribution in [2.45, 2.75) is 77.2 Å². The molecule has 4 aromatic rings. The van der Waals surface area contributed by atoms with E-state index in [2.05, 4.69) is 19.9 Å². The number of alkyl halides is 3. The van der Waals surface area contributed by atoms with Crippen molar-refractivity contribution in [1.29, 1.82) is 0 Å². The lowest BCUT2D eigenvalue weighted by Gasteiger charge is -2.28. The zero-order valence-corrected chi connectivity index (χ0v) is 23.2. The molecule has 0 bridgehead atoms. The lowest BCUT2D eigenvalue weighted by molar-refractivity contribution is -0.141. The van der Waals surface area contributed by atoms with Gasteiger partial charge in [-0.1, -0.05) is 19.8 Å². The van der Waals surface area contributed by atoms with Gasteiger partial charge in [0.25, 0.3) is 11.5 Å². The number of H-pyrrole nitrogens is 1. The van der Waals surface area contributed by atoms with Gasteiger partial charge in [-0.15, -0.1) is 0 Å². The summed E-state index contributed by atoms with van der Waals surface area (Å²) in [6.45, 7) is 4.25. The highest BCUT2D eigenvalue weighted by molar-refractivity contribution is 6.05. The van der Waals surface area contributed by atoms with E-state index in [0.717, 1.165) is 50.4 Å². The van der Waals surface area contributed by atoms with Crippen LogP contribution in [0.4, 0.5) is 19.0 Å². The fourth-order valence-electron chi connectivity index (χ4n) is 5.32. The monoisotopic (exact) mass is 581 g/mol. The number of aryl methyl sites for hydroxylation is 1. The molecule has 2 aliphatic carbocycles. The molecule has 42 heavy (non-hydrogen) atoms. The molecule has 0 saturated heterocycles. The van der Waals surface area contributed by atoms with Crippen molar-refractivity contribution in [3.63, 3.8) is 0 Å². The van der Waals surface area contributed by atoms with Crippen LogP contribution < -0.4 is 16.1 Å². The summed E-state index contributed by atoms with van der Waals surface area (Å²) in [6.07, 6.45) is 2.98. The Morgan fingerprint density at radius 2 is 1.86 bits per heavy atom. The van der Waals surface area contributed by atoms with Crippen LogP contribution in [-0.2, 0) is 12.7 Å². The number of nitrogens with one attached hydrogen (secondary N) is 1. The molecule has 2 aliphatic rings. The van der Waals surface area contributed by atoms with Crippen LogP contribution in [0.25, 0.3) is 22.6 Å². The number of pyridine rings is 2. The first-order valence-corrected chi connectivity index (χ1v) is 14.1. The Bertz CT molecular complexity index is 1750. The third-order valence-corrected chi connectivity index (χ3v) is 7.77. The predicted molar refractivity (Wildman–Crippen MR) is 149 cm³/mol. The van der Waals surface area contributed by atoms with E-state index in [0.29, 0.717) is 36.1 Å². The molecule has 0 aromatic carbocycles. The first-order valence-electron chi connectivity index (χ1n) is 14.1. The molecule has 4 aromatic heterocycles. The van der Waals surface area contributed by atoms with Gasteiger partial charge < -0.3 is 4.98 Å². The summed E-state index contributed by atoms with van der Waals surface area (Å²) in [7, 11) is 0. The van der Waals surface area contributed by atoms with Crippen molar-refractivity contribution in [3.8, 4) is 11.4 Å². The standard InChI is InChI=1S/C29H30F3N7O3/c1-3-12-37-25-23(27(41)39(28(37)42)20-8-9-20)35-24(36-25)18-7-11-22(34-14-18)38(16(2)13-17-4-5-17)26(40)19-6-10-21(33-15-19)29(30,31)32/h6-7,10-11,14-17,20H,3-5,8-9,12-13H2,1-2H3,(H,35,36)/t16-/m0/s1. The van der Waals surface area contributed by atoms with Crippen LogP contribution in [0.2, 0.25) is 0 Å². The Morgan fingerprint density at radius 1 is 1.10 bits per heavy atom. The van der Waals surface area contributed by atoms with E-state index in [1.54, 1.807) is 12.1 Å². The lowest BCUT2D eigenvalue weighted by Crippen LogP contribution is -2.39. The largest absolute Gasteiger partial charge is 0.433 e. The number of carbonyl (C=O) groups excluding carboxylic acids is 1. The summed E-state index contributed by atoms with van der Waals surface area (Å²) in [5, 5.41) is 0. The third kappa shape index (κ3) is 5.23. The molecular weight excluding hydrogens is 551 g/mol. The number of nitrogens with zero attached hydrogens (tertiary/aromatic N) is 6. The van der Waals surface area contributed by atoms with Crippen LogP contribution in [0.5, 0.6) is 0 Å². The molecule has 0 spiro atoms. The second-order valence-corrected chi connectivity index (χ2v) is 11.2. The van der Waals surface area contributed by atoms with Gasteiger partial charge >= 0.3 is 11.9 Å². The molecule has 0 unspecified atom stereocenters. The highest BCUT2D eigenvalue weighted by atomic mass is 19.4. The quantitative estimate of drug-likeness (QED) is 0.299. The van der Waals surface area contributed by atoms with E-state index in [4.69, 9.17) is 0 Å². The molecule has 0 aliphatic heterocycles. The van der Waals surface area contributed by atoms with E-state index in [9.17, 15) is 27.6 Å². The summed E-state index contributed by atoms with van der Waals surface area (Å²) < 4.78 is 41.9. The van der Waals surface area contributed by atoms with Gasteiger partial charge in [0.1, 0.15) is 22.9 Å². The highest BCUT2D eigenvalue weighted by Crippen LogP contribution is 2.36. The Morgan fingerprint density at radius 3 is 2.43 bits per heavy atom. The smallest absolute Gasteiger partial charge is 0.332 e. The molecule has 2 saturated carbocycles. The maximum Gasteiger partial charge on any atom is 0.433 e. The van der Waals surface area contributed by atoms with Gasteiger partial charge in [0.05, 0.1) is 5.56 Å². The third-order valence-electron chi connectivity index (χ3n) is 7.77. The van der Waals surface area contributed by atoms with E-state index < -0.39 is 23.3 Å². The van der Waals surface area contributed by atoms with Crippen LogP contribution >= 0.6 is 0 Å². The van der Waals surface area contributed by atoms with Crippen LogP contribution in [0.15, 0.2) is 46.2 Å². The Kier molecular flexibility index (Phi) is 6.98. The topological polar surface area (TPSA) is 119 Å². The molecule has 1 N–H and O–H groups in total. The van der Waals surface area contributed by atoms with E-state index in [1.807, 2.05) is 13.8 Å². The number of imidazole rings is 1. The van der Waals surface area contributed by atoms with E-state index >= 15 is 0 Å². The summed E-state index contributed by atoms with van der Waals surface area (Å²) in [4.78, 5) is 57.0. The van der Waals surface area contributed by atoms with Gasteiger partial charge in [0, 0.05) is 36.6 Å². The minimum atomic E-state index is -4.61. The van der Waals surface area contributed by atoms with Crippen molar-refractivity contribution in [3.05, 3.63) is 68.8 Å². The van der Waals surface area contributed by atoms with Crippen molar-refractivity contribution in [1.82, 2.24) is 29.1 Å². The van der Waals surface area contributed by atoms with Gasteiger partial charge in [-0.25, -0.2) is 14.8 Å². The summed E-state index contributed by atoms with van der Waals surface area (Å²) in [6, 6.07) is 4.92. The number of hydrogen-bond acceptors (Lipinski definition) is 6. The number of aromatic amines is 1. The maximum atomic E-state index is 13.6. The van der Waals surface area contributed by atoms with Gasteiger partial charge in [-0.05, 0) is 62.8 Å². The molecular formula is C29H30F3N7O3. The number of aromatic nitrogens is 6. The van der Waals surface area contributed by atoms with E-state index in [1.165, 1.54) is 20.2 Å². The summed E-state index contributed by atoms with van der Waals surface area (Å²) >= 11 is 0. The molecule has 1 atom stereocenters. The Labute approximate surface area is 238 Å². The van der Waals surface area contributed by atoms with Crippen molar-refractivity contribution < 1.29 is 18.0 Å². The number of hydrogen-bond donors (Lipinski definition) is 1. The second-order valence-electron chi connectivity index (χ2n) is 11.2. The van der Waals surface area contributed by atoms with Crippen molar-refractivity contribution in [2.24, 2.45) is 5.92 Å². The number of halogens is 3. The number of rotatable bonds is 9. The molecule has 6 rings (SSSR count). The fourth-order valence-corrected chi connectivity index (χ4v) is 5.32. The molecule has 4 heterocycles. The van der Waals surface area contributed by atoms with E-state index in [-0.39, 0.29) is 34.5 Å². The minimum Gasteiger partial charge on any atom is -0.332 e. The van der Waals surface area contributed by atoms with Crippen molar-refractivity contribution >= 4 is 22.9 Å². The number of amides is 1. The first kappa shape index (κ1) is 27.9. The SMILES string of the molecule is CCCn1c(=O)n(C2CC2)c(=O)c2[nH]c(-c3ccc(N(C(=O)c4ccc(C(F)(F)F)nc4)[C@@H](C)CC4CC4)nc3)nc21. The number of anilines is 1. The molecule has 13 heteroatoms. The molecule has 2 fully saturated rings. The van der Waals surface area contributed by atoms with Crippen LogP contribution in [0.3, 0.4) is 0 Å². The normalized spacial score (nSPS) is 16.1. The fraction of sp³-hybridized carbons (Fsp3) is 0.448. The molecule has 220 valence electrons. The first-order chi connectivity index (χ1) is 20.1. The maximum absolute atomic E-state index is 13.6. The van der Waals surface area contributed by atoms with Crippen LogP contribution in [-0.4, -0.2) is 41.0 Å². The molecule has 10 nitrogen and oxygen atoms in total. The molecule has 0 radical (unpaired) electrons. The van der Waals surface area contributed by atoms with Crippen molar-refractivity contribution in [2.75, 3.05) is 4.90 Å². The van der Waals surface area contributed by atoms with Gasteiger partial charge in [-0.3, -0.25) is 28.6 Å². The second kappa shape index (κ2) is 10.5. The Hall–Kier alpha value is -4.29.